The highest BCUT2D eigenvalue weighted by atomic mass is 32.2. The molecule has 0 spiro atoms. The van der Waals surface area contributed by atoms with Crippen LogP contribution in [0.2, 0.25) is 0 Å². The number of aliphatic hydroxyl groups excluding tert-OH is 2. The Bertz CT molecular complexity index is 3210. The van der Waals surface area contributed by atoms with E-state index in [0.717, 1.165) is 80.3 Å². The van der Waals surface area contributed by atoms with E-state index in [1.165, 1.54) is 28.8 Å². The van der Waals surface area contributed by atoms with Crippen LogP contribution in [0.3, 0.4) is 0 Å². The van der Waals surface area contributed by atoms with E-state index >= 15 is 0 Å². The average Bonchev–Trinajstić information content (AvgIpc) is 1.61. The summed E-state index contributed by atoms with van der Waals surface area (Å²) < 4.78 is 36.4. The maximum Gasteiger partial charge on any atom is 0.253 e. The summed E-state index contributed by atoms with van der Waals surface area (Å²) in [6, 6.07) is 0. The Kier molecular flexibility index (Phi) is 33.9. The number of allylic oxidation sites excluding steroid dienone is 6. The number of ether oxygens (including phenoxy) is 6. The van der Waals surface area contributed by atoms with Crippen LogP contribution in [0.15, 0.2) is 84.1 Å². The molecule has 8 aliphatic rings. The molecule has 6 heterocycles. The van der Waals surface area contributed by atoms with Crippen molar-refractivity contribution in [3.63, 3.8) is 0 Å². The largest absolute Gasteiger partial charge is 0.391 e. The van der Waals surface area contributed by atoms with Crippen molar-refractivity contribution in [2.45, 2.75) is 271 Å². The van der Waals surface area contributed by atoms with Crippen LogP contribution in [0.25, 0.3) is 0 Å². The highest BCUT2D eigenvalue weighted by Crippen LogP contribution is 2.50. The fraction of sp³-hybridized carbons (Fsp3) is 0.732. The highest BCUT2D eigenvalue weighted by molar-refractivity contribution is 8.00. The van der Waals surface area contributed by atoms with Crippen molar-refractivity contribution in [2.24, 2.45) is 45.3 Å². The third-order valence-electron chi connectivity index (χ3n) is 22.8. The lowest BCUT2D eigenvalue weighted by Gasteiger charge is -2.43. The third kappa shape index (κ3) is 25.1. The minimum Gasteiger partial charge on any atom is -0.391 e. The van der Waals surface area contributed by atoms with E-state index in [9.17, 15) is 48.6 Å². The SMILES string of the molecule is CO[C@H]([C@@H](C)[C@H]1O[C@]1(C)C[C@H](C)/C=C/C=C(\C)[C@H]1O[C@@H](CC(=O)NCC2(C(=O)NCC/C=C/CN3C(=O)C=CC3=O)CC2)CCC1(C)C)[C@@H](C)O.CO[C@H]([C@@H](C)[C@H]1O[C@]1(C)C[C@H](C)/C=C/C=C(\C)[C@H]1O[C@@H](CC(=O)NCC2(C(=O)NCC/C=C/CN3C(=O)CC(SC)C3=O)CC2)CCC1(C)C)[C@@H](C)O.CS. The summed E-state index contributed by atoms with van der Waals surface area (Å²) in [5, 5.41) is 31.8. The lowest BCUT2D eigenvalue weighted by molar-refractivity contribution is -0.138. The molecular weight excluding hydrogens is 1390 g/mol. The number of nitrogens with one attached hydrogen (secondary N) is 4. The summed E-state index contributed by atoms with van der Waals surface area (Å²) in [5.41, 5.74) is 0.493. The number of amides is 8. The standard InChI is InChI=1S/C41H65N3O8S.C40H61N3O8.CH4S/c1-26(24-40(7)36(52-40)28(3)34(50-8)29(4)45)14-13-15-27(2)35-39(5,6)17-16-30(51-35)22-32(46)43-25-41(18-19-41)38(49)42-20-11-10-12-21-44-33(47)23-31(53-9)37(44)48;1-26(24-39(7)36(51-39)28(3)34(49-8)29(4)44)13-12-14-27(2)35-38(5,6)18-17-30(50-35)23-31(45)42-25-40(19-20-40)37(48)41-21-10-9-11-22-43-32(46)15-16-33(43)47;1-2/h10,12-15,26,28-31,34-36,45H,11,16-25H2,1-9H3,(H,42,49)(H,43,46);9,11-16,26,28-30,34-36,44H,10,17-25H2,1-8H3,(H,41,48)(H,42,45);2H,1H3/b12-10+,14-13+,27-15+;11-9+,13-12+,27-14+;/t26-,28-,29-,30-,31?,34-,35-,36-,40-;26-,28-,29-,30-,34-,35-,36-,39-;/m11./s1. The molecule has 6 N–H and O–H groups in total. The zero-order valence-corrected chi connectivity index (χ0v) is 68.5. The van der Waals surface area contributed by atoms with Gasteiger partial charge in [-0.15, -0.1) is 0 Å². The first-order chi connectivity index (χ1) is 50.0. The van der Waals surface area contributed by atoms with E-state index in [1.54, 1.807) is 46.5 Å². The summed E-state index contributed by atoms with van der Waals surface area (Å²) in [7, 11) is 3.26. The molecule has 2 saturated carbocycles. The molecule has 0 bridgehead atoms. The van der Waals surface area contributed by atoms with Gasteiger partial charge in [0, 0.05) is 83.9 Å². The number of thiol groups is 1. The van der Waals surface area contributed by atoms with Gasteiger partial charge in [-0.1, -0.05) is 116 Å². The lowest BCUT2D eigenvalue weighted by atomic mass is 9.75. The van der Waals surface area contributed by atoms with Crippen molar-refractivity contribution in [1.82, 2.24) is 31.1 Å². The highest BCUT2D eigenvalue weighted by Gasteiger charge is 2.58. The molecule has 0 aromatic heterocycles. The number of hydrogen-bond acceptors (Lipinski definition) is 18. The molecule has 5 saturated heterocycles. The Hall–Kier alpha value is -5.28. The second kappa shape index (κ2) is 40.1. The molecule has 17 atom stereocenters. The number of thioether (sulfide) groups is 1. The number of likely N-dealkylation sites (tertiary alicyclic amines) is 1. The summed E-state index contributed by atoms with van der Waals surface area (Å²) >= 11 is 4.93. The molecule has 596 valence electrons. The Morgan fingerprint density at radius 3 is 1.34 bits per heavy atom. The first-order valence-electron chi connectivity index (χ1n) is 38.5. The smallest absolute Gasteiger partial charge is 0.253 e. The van der Waals surface area contributed by atoms with Gasteiger partial charge < -0.3 is 59.9 Å². The maximum absolute atomic E-state index is 13.1. The van der Waals surface area contributed by atoms with E-state index in [-0.39, 0.29) is 173 Å². The molecule has 0 aromatic rings. The van der Waals surface area contributed by atoms with Crippen LogP contribution in [-0.2, 0) is 66.8 Å². The van der Waals surface area contributed by atoms with Crippen LogP contribution in [0.5, 0.6) is 0 Å². The molecule has 7 fully saturated rings. The lowest BCUT2D eigenvalue weighted by Crippen LogP contribution is -2.44. The minimum absolute atomic E-state index is 0.0503. The second-order valence-corrected chi connectivity index (χ2v) is 34.1. The number of epoxide rings is 2. The van der Waals surface area contributed by atoms with Gasteiger partial charge >= 0.3 is 0 Å². The fourth-order valence-electron chi connectivity index (χ4n) is 16.1. The number of nitrogens with zero attached hydrogens (tertiary/aromatic N) is 2. The van der Waals surface area contributed by atoms with E-state index in [2.05, 4.69) is 153 Å². The fourth-order valence-corrected chi connectivity index (χ4v) is 16.7. The van der Waals surface area contributed by atoms with Gasteiger partial charge in [-0.05, 0) is 165 Å². The third-order valence-corrected chi connectivity index (χ3v) is 23.7. The summed E-state index contributed by atoms with van der Waals surface area (Å²) in [5.74, 6) is -0.480. The number of methoxy groups -OCH3 is 2. The van der Waals surface area contributed by atoms with E-state index in [0.29, 0.717) is 44.9 Å². The normalized spacial score (nSPS) is 29.3. The van der Waals surface area contributed by atoms with Crippen molar-refractivity contribution >= 4 is 71.6 Å². The van der Waals surface area contributed by atoms with E-state index < -0.39 is 23.0 Å². The van der Waals surface area contributed by atoms with Crippen LogP contribution in [0.1, 0.15) is 193 Å². The van der Waals surface area contributed by atoms with Gasteiger partial charge in [-0.2, -0.15) is 24.4 Å². The molecule has 24 heteroatoms. The Balaban J connectivity index is 0.000000325. The van der Waals surface area contributed by atoms with Crippen molar-refractivity contribution in [3.05, 3.63) is 84.1 Å². The molecule has 2 aliphatic carbocycles. The molecule has 8 rings (SSSR count). The van der Waals surface area contributed by atoms with Gasteiger partial charge in [-0.25, -0.2) is 0 Å². The van der Waals surface area contributed by atoms with Gasteiger partial charge in [-0.3, -0.25) is 48.2 Å². The minimum atomic E-state index is -0.563. The van der Waals surface area contributed by atoms with E-state index in [1.807, 2.05) is 18.4 Å². The number of imide groups is 2. The number of rotatable bonds is 39. The molecule has 0 radical (unpaired) electrons. The van der Waals surface area contributed by atoms with Crippen LogP contribution >= 0.6 is 24.4 Å². The predicted molar refractivity (Wildman–Crippen MR) is 418 cm³/mol. The molecule has 6 aliphatic heterocycles. The van der Waals surface area contributed by atoms with Gasteiger partial charge in [0.05, 0.1) is 101 Å². The molecule has 1 unspecified atom stereocenters. The number of carbonyl (C=O) groups is 8. The molecule has 22 nitrogen and oxygen atoms in total. The van der Waals surface area contributed by atoms with E-state index in [4.69, 9.17) is 28.4 Å². The summed E-state index contributed by atoms with van der Waals surface area (Å²) in [4.78, 5) is 102. The summed E-state index contributed by atoms with van der Waals surface area (Å²) in [6.07, 6.45) is 34.1. The second-order valence-electron chi connectivity index (χ2n) is 33.0. The zero-order valence-electron chi connectivity index (χ0n) is 66.8. The van der Waals surface area contributed by atoms with Gasteiger partial charge in [0.2, 0.25) is 35.4 Å². The number of aliphatic hydroxyl groups is 2. The topological polar surface area (TPSA) is 294 Å². The number of carbonyl (C=O) groups excluding carboxylic acids is 8. The monoisotopic (exact) mass is 1520 g/mol. The maximum atomic E-state index is 13.1. The van der Waals surface area contributed by atoms with Crippen LogP contribution in [0, 0.1) is 45.3 Å². The van der Waals surface area contributed by atoms with Crippen LogP contribution in [0.4, 0.5) is 0 Å². The van der Waals surface area contributed by atoms with Crippen molar-refractivity contribution in [2.75, 3.05) is 66.0 Å². The zero-order chi connectivity index (χ0) is 78.7. The van der Waals surface area contributed by atoms with Crippen molar-refractivity contribution in [3.8, 4) is 0 Å². The Labute approximate surface area is 642 Å². The number of hydrogen-bond donors (Lipinski definition) is 7. The average molecular weight is 1520 g/mol. The van der Waals surface area contributed by atoms with Crippen LogP contribution < -0.4 is 21.3 Å². The predicted octanol–water partition coefficient (Wildman–Crippen LogP) is 10.2. The Morgan fingerprint density at radius 1 is 0.604 bits per heavy atom. The summed E-state index contributed by atoms with van der Waals surface area (Å²) in [6.45, 7) is 31.3. The van der Waals surface area contributed by atoms with Crippen LogP contribution in [-0.4, -0.2) is 211 Å². The molecule has 0 aromatic carbocycles. The first-order valence-corrected chi connectivity index (χ1v) is 40.7. The molecular formula is C82H130N6O16S2. The van der Waals surface area contributed by atoms with Gasteiger partial charge in [0.25, 0.3) is 11.8 Å². The quantitative estimate of drug-likeness (QED) is 0.00752. The van der Waals surface area contributed by atoms with Crippen molar-refractivity contribution < 1.29 is 77.0 Å². The molecule has 8 amide bonds. The van der Waals surface area contributed by atoms with Gasteiger partial charge in [0.15, 0.2) is 0 Å². The first kappa shape index (κ1) is 89.6. The van der Waals surface area contributed by atoms with Crippen molar-refractivity contribution in [1.29, 1.82) is 0 Å². The van der Waals surface area contributed by atoms with Gasteiger partial charge in [0.1, 0.15) is 0 Å². The Morgan fingerprint density at radius 2 is 0.991 bits per heavy atom. The molecule has 106 heavy (non-hydrogen) atoms.